The van der Waals surface area contributed by atoms with E-state index in [1.54, 1.807) is 85.9 Å². The van der Waals surface area contributed by atoms with Gasteiger partial charge in [0.2, 0.25) is 12.4 Å². The summed E-state index contributed by atoms with van der Waals surface area (Å²) < 4.78 is 61.4. The first-order valence-corrected chi connectivity index (χ1v) is 47.7. The number of rotatable bonds is 12. The number of pyridine rings is 9. The molecule has 21 rings (SSSR count). The Hall–Kier alpha value is -12.6. The third-order valence-electron chi connectivity index (χ3n) is 19.8. The second-order valence-electron chi connectivity index (χ2n) is 27.9. The number of nitrogens with zero attached hydrogens (tertiary/aromatic N) is 9. The molecule has 12 heterocycles. The summed E-state index contributed by atoms with van der Waals surface area (Å²) in [7, 11) is 7.03. The monoisotopic (exact) mass is 2000 g/mol. The molecule has 0 fully saturated rings. The van der Waals surface area contributed by atoms with Crippen molar-refractivity contribution in [1.82, 2.24) is 34.9 Å². The van der Waals surface area contributed by atoms with Crippen molar-refractivity contribution in [2.24, 2.45) is 0 Å². The number of anilines is 1. The van der Waals surface area contributed by atoms with E-state index in [1.807, 2.05) is 24.3 Å². The second-order valence-corrected chi connectivity index (χ2v) is 36.9. The Morgan fingerprint density at radius 2 is 0.705 bits per heavy atom. The van der Waals surface area contributed by atoms with Gasteiger partial charge < -0.3 is 39.4 Å². The molecule has 129 heavy (non-hydrogen) atoms. The third kappa shape index (κ3) is 22.2. The largest absolute Gasteiger partial charge is 0.619 e. The summed E-state index contributed by atoms with van der Waals surface area (Å²) in [5.74, 6) is -1.03. The molecule has 0 aliphatic rings. The predicted octanol–water partition coefficient (Wildman–Crippen LogP) is 22.5. The number of hydrogen-bond donors (Lipinski definition) is 3. The maximum atomic E-state index is 14.5. The Morgan fingerprint density at radius 1 is 0.364 bits per heavy atom. The quantitative estimate of drug-likeness (QED) is 0.0445. The van der Waals surface area contributed by atoms with Crippen LogP contribution in [0.5, 0.6) is 0 Å². The van der Waals surface area contributed by atoms with Crippen LogP contribution in [0.1, 0.15) is 0 Å². The normalized spacial score (nSPS) is 10.9. The molecule has 0 atom stereocenters. The van der Waals surface area contributed by atoms with Crippen molar-refractivity contribution in [1.29, 1.82) is 0 Å². The van der Waals surface area contributed by atoms with Crippen molar-refractivity contribution in [2.75, 3.05) is 5.73 Å². The standard InChI is InChI=1S/C21H12ClFN4O.C21H11ClFN3O2.2C18H15P.C14H9BClFN2O2.C7H4BrNO2.2ClH.Pd/c22-11-3-4-17(23)15(8-11)18-9-14(13-2-1-6-26-21(13)27-18)16-10-28-19-12(16)5-7-25-20(19)24;22-12-3-4-18(23)16(8-12)19-9-15(14-2-1-6-24-21(14)25-19)17-11-28-20-10-26(27)7-5-13(17)20;2*1-4-10-16(11-5-1)19(17-12-6-2-7-13-17)18-14-8-3-9-15-18;16-8-3-4-12(17)10(6-8)13-7-11(15(20)21)9-2-1-5-18-14(9)19-13;8-6-4-11-7-3-9(10)2-1-5(6)7;;;/h1-10H,(H2,24,25);1-11H;2*1-15H;1-7,20-21H;1-4H;2*1H;/q;;;;;;;;+2/p-2. The van der Waals surface area contributed by atoms with Gasteiger partial charge in [-0.3, -0.25) is 0 Å². The minimum atomic E-state index is -1.71. The molecular weight excluding hydrogens is 1930 g/mol. The van der Waals surface area contributed by atoms with Gasteiger partial charge in [-0.1, -0.05) is 223 Å². The van der Waals surface area contributed by atoms with Gasteiger partial charge in [0.1, 0.15) is 23.7 Å². The first-order valence-electron chi connectivity index (χ1n) is 39.1. The molecule has 0 aliphatic carbocycles. The topological polar surface area (TPSA) is 250 Å². The molecule has 4 N–H and O–H groups in total. The van der Waals surface area contributed by atoms with Crippen LogP contribution in [0.2, 0.25) is 15.1 Å². The molecule has 21 aromatic rings. The second kappa shape index (κ2) is 43.4. The van der Waals surface area contributed by atoms with Crippen molar-refractivity contribution in [2.45, 2.75) is 0 Å². The van der Waals surface area contributed by atoms with E-state index in [0.717, 1.165) is 53.7 Å². The molecule has 0 spiro atoms. The summed E-state index contributed by atoms with van der Waals surface area (Å²) in [5, 5.41) is 55.4. The molecule has 0 unspecified atom stereocenters. The molecule has 0 bridgehead atoms. The van der Waals surface area contributed by atoms with Crippen LogP contribution in [0.15, 0.2) is 395 Å². The first kappa shape index (κ1) is 91.1. The minimum Gasteiger partial charge on any atom is -0.619 e. The van der Waals surface area contributed by atoms with E-state index in [-0.39, 0.29) is 38.2 Å². The number of aromatic nitrogens is 9. The van der Waals surface area contributed by atoms with Gasteiger partial charge in [0.05, 0.1) is 34.1 Å². The van der Waals surface area contributed by atoms with E-state index in [2.05, 4.69) is 233 Å². The smallest absolute Gasteiger partial charge is 0.223 e. The molecule has 0 saturated carbocycles. The third-order valence-corrected chi connectivity index (χ3v) is 26.0. The van der Waals surface area contributed by atoms with Crippen LogP contribution < -0.4 is 52.5 Å². The van der Waals surface area contributed by atoms with Gasteiger partial charge >= 0.3 is 42.1 Å². The summed E-state index contributed by atoms with van der Waals surface area (Å²) in [6.45, 7) is 0. The van der Waals surface area contributed by atoms with Gasteiger partial charge in [-0.25, -0.2) is 48.1 Å². The molecule has 0 aliphatic heterocycles. The number of furan rings is 3. The van der Waals surface area contributed by atoms with Crippen molar-refractivity contribution in [3.05, 3.63) is 425 Å². The van der Waals surface area contributed by atoms with E-state index in [9.17, 15) is 33.6 Å². The van der Waals surface area contributed by atoms with Crippen LogP contribution in [0.3, 0.4) is 0 Å². The Kier molecular flexibility index (Phi) is 30.7. The van der Waals surface area contributed by atoms with Gasteiger partial charge in [-0.05, 0) is 189 Å². The SMILES string of the molecule is Nc1nccc2c(-c3cc(-c4cc(Cl)ccc4F)nc4ncccc34)coc12.OB(O)c1cc(-c2cc(Cl)ccc2F)nc2ncccc12.[Cl][Pd][Cl].[O-][n+]1ccc2c(-c3cc(-c4cc(Cl)ccc4F)nc4ncccc34)coc2c1.[O-][n+]1ccc2c(Br)coc2c1.c1ccc(P(c2ccccc2)c2ccccc2)cc1.c1ccc(P(c2ccccc2)c2ccccc2)cc1. The van der Waals surface area contributed by atoms with Crippen LogP contribution in [-0.2, 0) is 15.9 Å². The molecule has 0 amide bonds. The van der Waals surface area contributed by atoms with Gasteiger partial charge in [0.25, 0.3) is 0 Å². The van der Waals surface area contributed by atoms with E-state index < -0.39 is 40.4 Å². The predicted molar refractivity (Wildman–Crippen MR) is 516 cm³/mol. The fourth-order valence-electron chi connectivity index (χ4n) is 14.0. The zero-order valence-corrected chi connectivity index (χ0v) is 75.7. The van der Waals surface area contributed by atoms with Gasteiger partial charge in [-0.2, -0.15) is 9.46 Å². The van der Waals surface area contributed by atoms with Crippen molar-refractivity contribution < 1.29 is 61.9 Å². The summed E-state index contributed by atoms with van der Waals surface area (Å²) in [6, 6.07) is 98.4. The van der Waals surface area contributed by atoms with Gasteiger partial charge in [0.15, 0.2) is 51.9 Å². The Balaban J connectivity index is 0.000000120. The molecule has 17 nitrogen and oxygen atoms in total. The average Bonchev–Trinajstić information content (AvgIpc) is 1.33. The molecule has 640 valence electrons. The maximum absolute atomic E-state index is 14.5. The first-order chi connectivity index (χ1) is 62.9. The van der Waals surface area contributed by atoms with Crippen LogP contribution in [0.4, 0.5) is 19.0 Å². The van der Waals surface area contributed by atoms with Crippen LogP contribution in [0, 0.1) is 27.9 Å². The zero-order valence-electron chi connectivity index (χ0n) is 67.0. The van der Waals surface area contributed by atoms with Gasteiger partial charge in [0, 0.05) is 112 Å². The summed E-state index contributed by atoms with van der Waals surface area (Å²) >= 11 is 21.2. The maximum Gasteiger partial charge on any atom is 0.223 e. The summed E-state index contributed by atoms with van der Waals surface area (Å²) in [4.78, 5) is 30.1. The summed E-state index contributed by atoms with van der Waals surface area (Å²) in [6.07, 6.45) is 16.8. The Bertz CT molecular complexity index is 7140. The molecule has 0 radical (unpaired) electrons. The van der Waals surface area contributed by atoms with Crippen molar-refractivity contribution >= 4 is 202 Å². The average molecular weight is 2000 g/mol. The molecule has 12 aromatic heterocycles. The van der Waals surface area contributed by atoms with Crippen LogP contribution in [0.25, 0.3) is 122 Å². The van der Waals surface area contributed by atoms with Crippen LogP contribution >= 0.6 is 85.6 Å². The van der Waals surface area contributed by atoms with Crippen LogP contribution in [-0.4, -0.2) is 52.1 Å². The number of hydrogen-bond acceptors (Lipinski definition) is 15. The molecule has 0 saturated heterocycles. The van der Waals surface area contributed by atoms with E-state index in [4.69, 9.17) is 72.8 Å². The number of benzene rings is 9. The van der Waals surface area contributed by atoms with E-state index in [0.29, 0.717) is 86.4 Å². The zero-order chi connectivity index (χ0) is 89.9. The Labute approximate surface area is 779 Å². The fraction of sp³-hybridized carbons (Fsp3) is 0. The fourth-order valence-corrected chi connectivity index (χ4v) is 19.5. The summed E-state index contributed by atoms with van der Waals surface area (Å²) in [5.41, 5.74) is 13.9. The number of halogens is 9. The number of nitrogen functional groups attached to an aromatic ring is 1. The molecule has 30 heteroatoms. The molecule has 9 aromatic carbocycles. The number of nitrogens with two attached hydrogens (primary N) is 1. The van der Waals surface area contributed by atoms with Crippen molar-refractivity contribution in [3.8, 4) is 56.0 Å². The van der Waals surface area contributed by atoms with E-state index >= 15 is 0 Å². The van der Waals surface area contributed by atoms with E-state index in [1.165, 1.54) is 117 Å². The Morgan fingerprint density at radius 3 is 1.10 bits per heavy atom. The molecular formula is C99H66BBrCl5F3N10O7P2Pd. The minimum absolute atomic E-state index is 0.106. The van der Waals surface area contributed by atoms with Crippen molar-refractivity contribution in [3.63, 3.8) is 0 Å². The number of fused-ring (bicyclic) bond motifs is 6. The van der Waals surface area contributed by atoms with Gasteiger partial charge in [-0.15, -0.1) is 0 Å².